The van der Waals surface area contributed by atoms with Gasteiger partial charge in [0.25, 0.3) is 5.91 Å². The highest BCUT2D eigenvalue weighted by atomic mass is 79.9. The minimum atomic E-state index is -0.149. The Kier molecular flexibility index (Phi) is 3.66. The third kappa shape index (κ3) is 3.19. The number of halogens is 1. The smallest absolute Gasteiger partial charge is 0.255 e. The van der Waals surface area contributed by atoms with E-state index in [4.69, 9.17) is 5.73 Å². The van der Waals surface area contributed by atoms with Crippen LogP contribution in [0.1, 0.15) is 30.1 Å². The summed E-state index contributed by atoms with van der Waals surface area (Å²) in [7, 11) is 0. The normalized spacial score (nSPS) is 16.6. The van der Waals surface area contributed by atoms with Crippen LogP contribution in [0.2, 0.25) is 0 Å². The van der Waals surface area contributed by atoms with Gasteiger partial charge in [0.2, 0.25) is 0 Å². The van der Waals surface area contributed by atoms with E-state index >= 15 is 0 Å². The number of nitrogens with zero attached hydrogens (tertiary/aromatic N) is 1. The lowest BCUT2D eigenvalue weighted by atomic mass is 10.1. The van der Waals surface area contributed by atoms with Crippen LogP contribution in [0.15, 0.2) is 16.7 Å². The molecule has 1 fully saturated rings. The van der Waals surface area contributed by atoms with E-state index in [-0.39, 0.29) is 11.7 Å². The van der Waals surface area contributed by atoms with Crippen molar-refractivity contribution in [2.75, 3.05) is 12.3 Å². The highest BCUT2D eigenvalue weighted by molar-refractivity contribution is 9.10. The predicted octanol–water partition coefficient (Wildman–Crippen LogP) is 2.20. The van der Waals surface area contributed by atoms with Gasteiger partial charge in [-0.25, -0.2) is 4.98 Å². The SMILES string of the molecule is CC(CNC(=O)c1cc(Br)cnc1N)C1CC1. The van der Waals surface area contributed by atoms with Crippen LogP contribution >= 0.6 is 15.9 Å². The Hall–Kier alpha value is -1.10. The summed E-state index contributed by atoms with van der Waals surface area (Å²) in [6.07, 6.45) is 4.16. The van der Waals surface area contributed by atoms with Gasteiger partial charge in [0.1, 0.15) is 5.82 Å². The molecule has 1 atom stereocenters. The fourth-order valence-corrected chi connectivity index (χ4v) is 2.14. The first-order valence-corrected chi connectivity index (χ1v) is 6.56. The summed E-state index contributed by atoms with van der Waals surface area (Å²) in [5.41, 5.74) is 6.11. The molecule has 1 aromatic heterocycles. The van der Waals surface area contributed by atoms with E-state index in [2.05, 4.69) is 33.2 Å². The molecule has 1 aromatic rings. The molecule has 3 N–H and O–H groups in total. The van der Waals surface area contributed by atoms with Gasteiger partial charge < -0.3 is 11.1 Å². The Morgan fingerprint density at radius 2 is 2.41 bits per heavy atom. The molecule has 17 heavy (non-hydrogen) atoms. The molecule has 5 heteroatoms. The summed E-state index contributed by atoms with van der Waals surface area (Å²) in [6, 6.07) is 1.69. The standard InChI is InChI=1S/C12H16BrN3O/c1-7(8-2-3-8)5-16-12(17)10-4-9(13)6-15-11(10)14/h4,6-8H,2-3,5H2,1H3,(H2,14,15)(H,16,17). The van der Waals surface area contributed by atoms with Gasteiger partial charge in [0.05, 0.1) is 5.56 Å². The Morgan fingerprint density at radius 1 is 1.71 bits per heavy atom. The summed E-state index contributed by atoms with van der Waals surface area (Å²) in [5.74, 6) is 1.45. The van der Waals surface area contributed by atoms with E-state index in [1.165, 1.54) is 12.8 Å². The monoisotopic (exact) mass is 297 g/mol. The molecule has 0 aliphatic heterocycles. The number of aromatic nitrogens is 1. The second-order valence-electron chi connectivity index (χ2n) is 4.61. The number of hydrogen-bond donors (Lipinski definition) is 2. The van der Waals surface area contributed by atoms with Crippen molar-refractivity contribution in [1.29, 1.82) is 0 Å². The lowest BCUT2D eigenvalue weighted by Gasteiger charge is -2.12. The lowest BCUT2D eigenvalue weighted by Crippen LogP contribution is -2.29. The predicted molar refractivity (Wildman–Crippen MR) is 70.6 cm³/mol. The largest absolute Gasteiger partial charge is 0.383 e. The van der Waals surface area contributed by atoms with Gasteiger partial charge in [0, 0.05) is 17.2 Å². The number of carbonyl (C=O) groups is 1. The van der Waals surface area contributed by atoms with Crippen LogP contribution in [0.25, 0.3) is 0 Å². The maximum absolute atomic E-state index is 11.9. The lowest BCUT2D eigenvalue weighted by molar-refractivity contribution is 0.0947. The number of pyridine rings is 1. The molecule has 0 spiro atoms. The Morgan fingerprint density at radius 3 is 3.06 bits per heavy atom. The maximum Gasteiger partial charge on any atom is 0.255 e. The van der Waals surface area contributed by atoms with Gasteiger partial charge in [-0.15, -0.1) is 0 Å². The minimum Gasteiger partial charge on any atom is -0.383 e. The fraction of sp³-hybridized carbons (Fsp3) is 0.500. The topological polar surface area (TPSA) is 68.0 Å². The number of nitrogens with two attached hydrogens (primary N) is 1. The number of hydrogen-bond acceptors (Lipinski definition) is 3. The first-order valence-electron chi connectivity index (χ1n) is 5.77. The van der Waals surface area contributed by atoms with E-state index in [1.807, 2.05) is 0 Å². The maximum atomic E-state index is 11.9. The average Bonchev–Trinajstić information content (AvgIpc) is 3.12. The van der Waals surface area contributed by atoms with Crippen molar-refractivity contribution in [3.8, 4) is 0 Å². The molecule has 1 amide bonds. The quantitative estimate of drug-likeness (QED) is 0.895. The molecule has 0 saturated heterocycles. The first-order chi connectivity index (χ1) is 8.08. The van der Waals surface area contributed by atoms with E-state index in [0.717, 1.165) is 10.4 Å². The van der Waals surface area contributed by atoms with Crippen LogP contribution in [0.4, 0.5) is 5.82 Å². The van der Waals surface area contributed by atoms with Crippen molar-refractivity contribution in [2.45, 2.75) is 19.8 Å². The molecule has 1 heterocycles. The summed E-state index contributed by atoms with van der Waals surface area (Å²) in [6.45, 7) is 2.87. The van der Waals surface area contributed by atoms with Gasteiger partial charge in [0.15, 0.2) is 0 Å². The fourth-order valence-electron chi connectivity index (χ4n) is 1.81. The molecule has 1 unspecified atom stereocenters. The molecule has 1 aliphatic carbocycles. The first kappa shape index (κ1) is 12.4. The van der Waals surface area contributed by atoms with Gasteiger partial charge in [-0.3, -0.25) is 4.79 Å². The van der Waals surface area contributed by atoms with Crippen LogP contribution in [-0.4, -0.2) is 17.4 Å². The van der Waals surface area contributed by atoms with Gasteiger partial charge in [-0.1, -0.05) is 6.92 Å². The molecule has 2 rings (SSSR count). The van der Waals surface area contributed by atoms with Crippen molar-refractivity contribution in [3.63, 3.8) is 0 Å². The molecule has 0 radical (unpaired) electrons. The van der Waals surface area contributed by atoms with Crippen molar-refractivity contribution in [1.82, 2.24) is 10.3 Å². The van der Waals surface area contributed by atoms with Gasteiger partial charge >= 0.3 is 0 Å². The number of nitrogen functional groups attached to an aromatic ring is 1. The number of rotatable bonds is 4. The summed E-state index contributed by atoms with van der Waals surface area (Å²) in [4.78, 5) is 15.9. The molecular weight excluding hydrogens is 282 g/mol. The number of carbonyl (C=O) groups excluding carboxylic acids is 1. The molecule has 1 saturated carbocycles. The van der Waals surface area contributed by atoms with E-state index in [1.54, 1.807) is 12.3 Å². The molecular formula is C12H16BrN3O. The minimum absolute atomic E-state index is 0.149. The van der Waals surface area contributed by atoms with Gasteiger partial charge in [-0.2, -0.15) is 0 Å². The summed E-state index contributed by atoms with van der Waals surface area (Å²) < 4.78 is 0.757. The molecule has 0 bridgehead atoms. The zero-order valence-corrected chi connectivity index (χ0v) is 11.3. The highest BCUT2D eigenvalue weighted by Gasteiger charge is 2.28. The Bertz CT molecular complexity index is 432. The zero-order valence-electron chi connectivity index (χ0n) is 9.74. The van der Waals surface area contributed by atoms with E-state index in [0.29, 0.717) is 18.0 Å². The number of amides is 1. The third-order valence-electron chi connectivity index (χ3n) is 3.14. The third-order valence-corrected chi connectivity index (χ3v) is 3.57. The van der Waals surface area contributed by atoms with Crippen LogP contribution in [0.5, 0.6) is 0 Å². The molecule has 92 valence electrons. The highest BCUT2D eigenvalue weighted by Crippen LogP contribution is 2.36. The second-order valence-corrected chi connectivity index (χ2v) is 5.53. The van der Waals surface area contributed by atoms with Crippen molar-refractivity contribution in [2.24, 2.45) is 11.8 Å². The van der Waals surface area contributed by atoms with Crippen LogP contribution in [0, 0.1) is 11.8 Å². The Balaban J connectivity index is 1.96. The average molecular weight is 298 g/mol. The molecule has 4 nitrogen and oxygen atoms in total. The van der Waals surface area contributed by atoms with Crippen molar-refractivity contribution >= 4 is 27.7 Å². The summed E-state index contributed by atoms with van der Waals surface area (Å²) >= 11 is 3.28. The summed E-state index contributed by atoms with van der Waals surface area (Å²) in [5, 5.41) is 2.91. The Labute approximate surface area is 109 Å². The van der Waals surface area contributed by atoms with Crippen molar-refractivity contribution < 1.29 is 4.79 Å². The molecule has 0 aromatic carbocycles. The zero-order chi connectivity index (χ0) is 12.4. The van der Waals surface area contributed by atoms with Crippen molar-refractivity contribution in [3.05, 3.63) is 22.3 Å². The van der Waals surface area contributed by atoms with Crippen LogP contribution in [0.3, 0.4) is 0 Å². The van der Waals surface area contributed by atoms with Crippen LogP contribution in [-0.2, 0) is 0 Å². The van der Waals surface area contributed by atoms with Gasteiger partial charge in [-0.05, 0) is 46.7 Å². The van der Waals surface area contributed by atoms with Crippen LogP contribution < -0.4 is 11.1 Å². The number of nitrogens with one attached hydrogen (secondary N) is 1. The second kappa shape index (κ2) is 5.04. The van der Waals surface area contributed by atoms with E-state index < -0.39 is 0 Å². The number of anilines is 1. The van der Waals surface area contributed by atoms with E-state index in [9.17, 15) is 4.79 Å². The molecule has 1 aliphatic rings.